The average molecular weight is 266 g/mol. The summed E-state index contributed by atoms with van der Waals surface area (Å²) in [5.41, 5.74) is 0. The maximum Gasteiger partial charge on any atom is 0.0197 e. The van der Waals surface area contributed by atoms with Crippen molar-refractivity contribution in [2.24, 2.45) is 17.8 Å². The standard InChI is InChI=1S/C17H34N2/c1-14(2)10-17-13-19(9-5-8-18-17)12-16-7-4-6-15(3)11-16/h14-18H,4-13H2,1-3H3. The third-order valence-electron chi connectivity index (χ3n) is 4.88. The van der Waals surface area contributed by atoms with E-state index in [9.17, 15) is 0 Å². The largest absolute Gasteiger partial charge is 0.313 e. The van der Waals surface area contributed by atoms with Crippen LogP contribution in [0.15, 0.2) is 0 Å². The van der Waals surface area contributed by atoms with E-state index in [-0.39, 0.29) is 0 Å². The van der Waals surface area contributed by atoms with Gasteiger partial charge in [0.1, 0.15) is 0 Å². The summed E-state index contributed by atoms with van der Waals surface area (Å²) in [5.74, 6) is 2.75. The summed E-state index contributed by atoms with van der Waals surface area (Å²) in [6.07, 6.45) is 8.54. The average Bonchev–Trinajstić information content (AvgIpc) is 2.53. The zero-order chi connectivity index (χ0) is 13.7. The molecule has 1 aliphatic heterocycles. The molecule has 2 heteroatoms. The van der Waals surface area contributed by atoms with Gasteiger partial charge < -0.3 is 10.2 Å². The number of nitrogens with zero attached hydrogens (tertiary/aromatic N) is 1. The van der Waals surface area contributed by atoms with Crippen molar-refractivity contribution in [1.82, 2.24) is 10.2 Å². The highest BCUT2D eigenvalue weighted by Gasteiger charge is 2.24. The predicted molar refractivity (Wildman–Crippen MR) is 83.4 cm³/mol. The van der Waals surface area contributed by atoms with Crippen molar-refractivity contribution in [2.75, 3.05) is 26.2 Å². The highest BCUT2D eigenvalue weighted by atomic mass is 15.2. The van der Waals surface area contributed by atoms with Crippen molar-refractivity contribution < 1.29 is 0 Å². The number of hydrogen-bond acceptors (Lipinski definition) is 2. The fourth-order valence-corrected chi connectivity index (χ4v) is 4.06. The summed E-state index contributed by atoms with van der Waals surface area (Å²) < 4.78 is 0. The smallest absolute Gasteiger partial charge is 0.0197 e. The molecule has 3 unspecified atom stereocenters. The molecule has 2 nitrogen and oxygen atoms in total. The van der Waals surface area contributed by atoms with Crippen LogP contribution in [0.2, 0.25) is 0 Å². The van der Waals surface area contributed by atoms with Gasteiger partial charge in [0, 0.05) is 19.1 Å². The normalized spacial score (nSPS) is 34.4. The monoisotopic (exact) mass is 266 g/mol. The summed E-state index contributed by atoms with van der Waals surface area (Å²) in [4.78, 5) is 2.76. The second-order valence-electron chi connectivity index (χ2n) is 7.53. The summed E-state index contributed by atoms with van der Waals surface area (Å²) >= 11 is 0. The van der Waals surface area contributed by atoms with Gasteiger partial charge in [-0.15, -0.1) is 0 Å². The first-order valence-corrected chi connectivity index (χ1v) is 8.59. The van der Waals surface area contributed by atoms with Crippen molar-refractivity contribution >= 4 is 0 Å². The van der Waals surface area contributed by atoms with Gasteiger partial charge in [-0.05, 0) is 56.5 Å². The van der Waals surface area contributed by atoms with Crippen LogP contribution >= 0.6 is 0 Å². The van der Waals surface area contributed by atoms with Crippen LogP contribution in [0.3, 0.4) is 0 Å². The third kappa shape index (κ3) is 5.43. The summed E-state index contributed by atoms with van der Waals surface area (Å²) in [7, 11) is 0. The Kier molecular flexibility index (Phi) is 6.15. The van der Waals surface area contributed by atoms with Crippen LogP contribution in [-0.2, 0) is 0 Å². The van der Waals surface area contributed by atoms with Gasteiger partial charge in [0.2, 0.25) is 0 Å². The lowest BCUT2D eigenvalue weighted by molar-refractivity contribution is 0.174. The topological polar surface area (TPSA) is 15.3 Å². The quantitative estimate of drug-likeness (QED) is 0.837. The molecule has 1 saturated carbocycles. The summed E-state index contributed by atoms with van der Waals surface area (Å²) in [6, 6.07) is 0.725. The second-order valence-corrected chi connectivity index (χ2v) is 7.53. The molecule has 2 fully saturated rings. The van der Waals surface area contributed by atoms with E-state index in [4.69, 9.17) is 0 Å². The zero-order valence-corrected chi connectivity index (χ0v) is 13.3. The molecule has 0 aromatic carbocycles. The fourth-order valence-electron chi connectivity index (χ4n) is 4.06. The van der Waals surface area contributed by atoms with Crippen molar-refractivity contribution in [3.63, 3.8) is 0 Å². The molecule has 0 aromatic rings. The molecule has 0 bridgehead atoms. The van der Waals surface area contributed by atoms with Crippen LogP contribution in [0.1, 0.15) is 59.3 Å². The first kappa shape index (κ1) is 15.3. The van der Waals surface area contributed by atoms with Crippen LogP contribution in [0.5, 0.6) is 0 Å². The van der Waals surface area contributed by atoms with Crippen LogP contribution in [0.4, 0.5) is 0 Å². The molecule has 19 heavy (non-hydrogen) atoms. The minimum Gasteiger partial charge on any atom is -0.313 e. The fraction of sp³-hybridized carbons (Fsp3) is 1.00. The van der Waals surface area contributed by atoms with E-state index in [2.05, 4.69) is 31.0 Å². The van der Waals surface area contributed by atoms with Gasteiger partial charge in [-0.3, -0.25) is 0 Å². The molecule has 112 valence electrons. The number of rotatable bonds is 4. The lowest BCUT2D eigenvalue weighted by Crippen LogP contribution is -2.40. The molecule has 2 aliphatic rings. The Labute approximate surface area is 120 Å². The molecule has 0 amide bonds. The Morgan fingerprint density at radius 3 is 2.79 bits per heavy atom. The van der Waals surface area contributed by atoms with Crippen molar-refractivity contribution in [1.29, 1.82) is 0 Å². The first-order chi connectivity index (χ1) is 9.13. The van der Waals surface area contributed by atoms with Crippen LogP contribution in [0, 0.1) is 17.8 Å². The SMILES string of the molecule is CC(C)CC1CN(CC2CCCC(C)C2)CCCN1. The lowest BCUT2D eigenvalue weighted by atomic mass is 9.82. The minimum absolute atomic E-state index is 0.725. The number of nitrogens with one attached hydrogen (secondary N) is 1. The summed E-state index contributed by atoms with van der Waals surface area (Å²) in [6.45, 7) is 12.3. The van der Waals surface area contributed by atoms with Crippen molar-refractivity contribution in [3.05, 3.63) is 0 Å². The van der Waals surface area contributed by atoms with Crippen molar-refractivity contribution in [3.8, 4) is 0 Å². The maximum absolute atomic E-state index is 3.75. The molecule has 1 N–H and O–H groups in total. The van der Waals surface area contributed by atoms with Crippen LogP contribution < -0.4 is 5.32 Å². The molecule has 0 spiro atoms. The molecule has 2 rings (SSSR count). The van der Waals surface area contributed by atoms with E-state index < -0.39 is 0 Å². The molecular formula is C17H34N2. The van der Waals surface area contributed by atoms with Gasteiger partial charge in [-0.1, -0.05) is 33.6 Å². The first-order valence-electron chi connectivity index (χ1n) is 8.59. The molecule has 1 heterocycles. The Morgan fingerprint density at radius 2 is 2.05 bits per heavy atom. The number of hydrogen-bond donors (Lipinski definition) is 1. The molecule has 0 radical (unpaired) electrons. The highest BCUT2D eigenvalue weighted by molar-refractivity contribution is 4.80. The third-order valence-corrected chi connectivity index (χ3v) is 4.88. The minimum atomic E-state index is 0.725. The van der Waals surface area contributed by atoms with Crippen LogP contribution in [0.25, 0.3) is 0 Å². The van der Waals surface area contributed by atoms with Gasteiger partial charge in [-0.25, -0.2) is 0 Å². The predicted octanol–water partition coefficient (Wildman–Crippen LogP) is 3.52. The van der Waals surface area contributed by atoms with E-state index in [1.165, 1.54) is 64.7 Å². The highest BCUT2D eigenvalue weighted by Crippen LogP contribution is 2.29. The van der Waals surface area contributed by atoms with E-state index in [0.29, 0.717) is 0 Å². The molecule has 1 saturated heterocycles. The van der Waals surface area contributed by atoms with E-state index in [0.717, 1.165) is 23.8 Å². The Morgan fingerprint density at radius 1 is 1.21 bits per heavy atom. The Hall–Kier alpha value is -0.0800. The van der Waals surface area contributed by atoms with E-state index >= 15 is 0 Å². The summed E-state index contributed by atoms with van der Waals surface area (Å²) in [5, 5.41) is 3.75. The zero-order valence-electron chi connectivity index (χ0n) is 13.3. The Bertz CT molecular complexity index is 252. The van der Waals surface area contributed by atoms with Gasteiger partial charge in [-0.2, -0.15) is 0 Å². The second kappa shape index (κ2) is 7.64. The maximum atomic E-state index is 3.75. The molecule has 0 aromatic heterocycles. The molecular weight excluding hydrogens is 232 g/mol. The van der Waals surface area contributed by atoms with Gasteiger partial charge in [0.25, 0.3) is 0 Å². The van der Waals surface area contributed by atoms with Crippen LogP contribution in [-0.4, -0.2) is 37.1 Å². The van der Waals surface area contributed by atoms with Crippen molar-refractivity contribution in [2.45, 2.75) is 65.3 Å². The lowest BCUT2D eigenvalue weighted by Gasteiger charge is -2.33. The molecule has 1 aliphatic carbocycles. The van der Waals surface area contributed by atoms with Gasteiger partial charge >= 0.3 is 0 Å². The van der Waals surface area contributed by atoms with Gasteiger partial charge in [0.05, 0.1) is 0 Å². The van der Waals surface area contributed by atoms with E-state index in [1.54, 1.807) is 0 Å². The van der Waals surface area contributed by atoms with E-state index in [1.807, 2.05) is 0 Å². The Balaban J connectivity index is 1.80. The molecule has 3 atom stereocenters. The van der Waals surface area contributed by atoms with Gasteiger partial charge in [0.15, 0.2) is 0 Å².